The van der Waals surface area contributed by atoms with Gasteiger partial charge in [-0.15, -0.1) is 10.2 Å². The van der Waals surface area contributed by atoms with Gasteiger partial charge in [0.1, 0.15) is 5.82 Å². The molecule has 8 aliphatic rings. The SMILES string of the molecule is CN1CC2(C)CCN(CC2)c2cc(NSC3CC3)ccc2-c2nnc(o2)-c2ccnc(c2)N2CCC3(CC2)CC3C1=O. The molecule has 220 valence electrons. The van der Waals surface area contributed by atoms with Gasteiger partial charge in [-0.2, -0.15) is 0 Å². The molecule has 1 amide bonds. The predicted molar refractivity (Wildman–Crippen MR) is 166 cm³/mol. The van der Waals surface area contributed by atoms with E-state index in [1.807, 2.05) is 31.3 Å². The lowest BCUT2D eigenvalue weighted by Crippen LogP contribution is -2.46. The quantitative estimate of drug-likeness (QED) is 0.389. The Morgan fingerprint density at radius 3 is 2.52 bits per heavy atom. The van der Waals surface area contributed by atoms with Crippen molar-refractivity contribution in [2.45, 2.75) is 57.1 Å². The van der Waals surface area contributed by atoms with Crippen LogP contribution in [0.2, 0.25) is 0 Å². The van der Waals surface area contributed by atoms with E-state index in [2.05, 4.69) is 65.8 Å². The zero-order valence-corrected chi connectivity index (χ0v) is 25.3. The first-order chi connectivity index (χ1) is 20.4. The lowest BCUT2D eigenvalue weighted by Gasteiger charge is -2.43. The maximum Gasteiger partial charge on any atom is 0.250 e. The lowest BCUT2D eigenvalue weighted by atomic mass is 9.79. The van der Waals surface area contributed by atoms with E-state index in [4.69, 9.17) is 4.42 Å². The molecule has 1 atom stereocenters. The molecule has 9 nitrogen and oxygen atoms in total. The van der Waals surface area contributed by atoms with Gasteiger partial charge >= 0.3 is 0 Å². The minimum atomic E-state index is 0.0943. The fourth-order valence-electron chi connectivity index (χ4n) is 7.34. The fraction of sp³-hybridized carbons (Fsp3) is 0.562. The van der Waals surface area contributed by atoms with Crippen molar-refractivity contribution in [2.75, 3.05) is 54.3 Å². The van der Waals surface area contributed by atoms with Crippen LogP contribution in [0.5, 0.6) is 0 Å². The van der Waals surface area contributed by atoms with Crippen molar-refractivity contribution >= 4 is 35.0 Å². The number of aromatic nitrogens is 3. The molecule has 2 saturated carbocycles. The average molecular weight is 586 g/mol. The summed E-state index contributed by atoms with van der Waals surface area (Å²) in [6.07, 6.45) is 9.54. The van der Waals surface area contributed by atoms with Crippen LogP contribution < -0.4 is 14.5 Å². The summed E-state index contributed by atoms with van der Waals surface area (Å²) < 4.78 is 9.94. The summed E-state index contributed by atoms with van der Waals surface area (Å²) in [7, 11) is 2.03. The Labute approximate surface area is 251 Å². The number of carbonyl (C=O) groups excluding carboxylic acids is 1. The van der Waals surface area contributed by atoms with Crippen molar-refractivity contribution in [1.82, 2.24) is 20.1 Å². The molecule has 2 aliphatic carbocycles. The molecule has 1 unspecified atom stereocenters. The first-order valence-corrected chi connectivity index (χ1v) is 16.4. The molecule has 8 bridgehead atoms. The molecule has 11 rings (SSSR count). The zero-order chi connectivity index (χ0) is 28.5. The molecule has 0 radical (unpaired) electrons. The third kappa shape index (κ3) is 4.81. The van der Waals surface area contributed by atoms with Gasteiger partial charge in [0.15, 0.2) is 0 Å². The first-order valence-electron chi connectivity index (χ1n) is 15.5. The summed E-state index contributed by atoms with van der Waals surface area (Å²) in [5.41, 5.74) is 4.31. The number of carbonyl (C=O) groups is 1. The van der Waals surface area contributed by atoms with Gasteiger partial charge < -0.3 is 23.8 Å². The van der Waals surface area contributed by atoms with Gasteiger partial charge in [0, 0.05) is 68.4 Å². The Balaban J connectivity index is 1.16. The van der Waals surface area contributed by atoms with E-state index in [-0.39, 0.29) is 16.7 Å². The highest BCUT2D eigenvalue weighted by atomic mass is 32.2. The highest BCUT2D eigenvalue weighted by molar-refractivity contribution is 8.01. The molecule has 2 saturated heterocycles. The molecule has 42 heavy (non-hydrogen) atoms. The van der Waals surface area contributed by atoms with E-state index in [1.54, 1.807) is 0 Å². The average Bonchev–Trinajstić information content (AvgIpc) is 3.91. The summed E-state index contributed by atoms with van der Waals surface area (Å²) in [5, 5.41) is 9.73. The van der Waals surface area contributed by atoms with Crippen molar-refractivity contribution in [3.63, 3.8) is 0 Å². The minimum absolute atomic E-state index is 0.0943. The molecule has 1 aromatic carbocycles. The Morgan fingerprint density at radius 2 is 1.74 bits per heavy atom. The van der Waals surface area contributed by atoms with Crippen LogP contribution in [0.1, 0.15) is 51.9 Å². The minimum Gasteiger partial charge on any atom is -0.416 e. The Kier molecular flexibility index (Phi) is 6.21. The molecule has 8 heterocycles. The molecule has 10 heteroatoms. The van der Waals surface area contributed by atoms with E-state index < -0.39 is 0 Å². The van der Waals surface area contributed by atoms with E-state index >= 15 is 0 Å². The summed E-state index contributed by atoms with van der Waals surface area (Å²) in [6.45, 7) is 6.84. The van der Waals surface area contributed by atoms with Crippen LogP contribution in [0.25, 0.3) is 22.9 Å². The number of hydrogen-bond acceptors (Lipinski definition) is 9. The second-order valence-electron chi connectivity index (χ2n) is 13.6. The Hall–Kier alpha value is -3.27. The largest absolute Gasteiger partial charge is 0.416 e. The van der Waals surface area contributed by atoms with Gasteiger partial charge in [-0.05, 0) is 98.1 Å². The van der Waals surface area contributed by atoms with Crippen LogP contribution >= 0.6 is 11.9 Å². The number of hydrogen-bond donors (Lipinski definition) is 1. The molecule has 3 aromatic rings. The molecule has 2 aromatic heterocycles. The topological polar surface area (TPSA) is 90.6 Å². The normalized spacial score (nSPS) is 28.9. The monoisotopic (exact) mass is 585 g/mol. The maximum absolute atomic E-state index is 13.6. The Bertz CT molecular complexity index is 1500. The molecule has 1 N–H and O–H groups in total. The van der Waals surface area contributed by atoms with Crippen LogP contribution in [-0.4, -0.2) is 71.0 Å². The maximum atomic E-state index is 13.6. The van der Waals surface area contributed by atoms with Crippen LogP contribution in [0, 0.1) is 16.7 Å². The molecule has 1 spiro atoms. The predicted octanol–water partition coefficient (Wildman–Crippen LogP) is 5.71. The number of benzene rings is 1. The summed E-state index contributed by atoms with van der Waals surface area (Å²) in [6, 6.07) is 10.5. The van der Waals surface area contributed by atoms with Gasteiger partial charge in [-0.25, -0.2) is 4.98 Å². The van der Waals surface area contributed by atoms with E-state index in [9.17, 15) is 4.79 Å². The van der Waals surface area contributed by atoms with Crippen molar-refractivity contribution in [3.8, 4) is 22.9 Å². The smallest absolute Gasteiger partial charge is 0.250 e. The number of pyridine rings is 1. The first kappa shape index (κ1) is 26.4. The van der Waals surface area contributed by atoms with Crippen molar-refractivity contribution in [2.24, 2.45) is 16.7 Å². The number of amides is 1. The van der Waals surface area contributed by atoms with Crippen molar-refractivity contribution in [1.29, 1.82) is 0 Å². The highest BCUT2D eigenvalue weighted by Crippen LogP contribution is 2.60. The number of anilines is 3. The third-order valence-corrected chi connectivity index (χ3v) is 11.5. The number of nitrogens with one attached hydrogen (secondary N) is 1. The van der Waals surface area contributed by atoms with Gasteiger partial charge in [-0.3, -0.25) is 4.79 Å². The van der Waals surface area contributed by atoms with Gasteiger partial charge in [0.25, 0.3) is 0 Å². The second kappa shape index (κ2) is 9.89. The van der Waals surface area contributed by atoms with Crippen LogP contribution in [-0.2, 0) is 4.79 Å². The van der Waals surface area contributed by atoms with Crippen LogP contribution in [0.4, 0.5) is 17.2 Å². The zero-order valence-electron chi connectivity index (χ0n) is 24.5. The lowest BCUT2D eigenvalue weighted by molar-refractivity contribution is -0.133. The molecule has 6 aliphatic heterocycles. The van der Waals surface area contributed by atoms with Gasteiger partial charge in [0.2, 0.25) is 17.7 Å². The molecular weight excluding hydrogens is 546 g/mol. The second-order valence-corrected chi connectivity index (χ2v) is 14.7. The van der Waals surface area contributed by atoms with Crippen LogP contribution in [0.15, 0.2) is 40.9 Å². The number of rotatable bonds is 3. The van der Waals surface area contributed by atoms with Crippen LogP contribution in [0.3, 0.4) is 0 Å². The third-order valence-electron chi connectivity index (χ3n) is 10.4. The van der Waals surface area contributed by atoms with E-state index in [0.717, 1.165) is 93.1 Å². The number of piperidine rings is 2. The van der Waals surface area contributed by atoms with Crippen molar-refractivity contribution in [3.05, 3.63) is 36.5 Å². The number of nitrogens with zero attached hydrogens (tertiary/aromatic N) is 6. The molecule has 4 fully saturated rings. The standard InChI is InChI=1S/C32H39N7O2S/c1-31-8-13-38(14-9-31)26-18-22(36-42-23-4-5-23)3-6-24(26)29-35-34-28(41-29)21-7-12-33-27(17-21)39-15-10-32(11-16-39)19-25(32)30(40)37(2)20-31/h3,6-7,12,17-18,23,25,36H,4-5,8-11,13-16,19-20H2,1-2H3. The van der Waals surface area contributed by atoms with E-state index in [0.29, 0.717) is 22.9 Å². The summed E-state index contributed by atoms with van der Waals surface area (Å²) in [4.78, 5) is 25.2. The van der Waals surface area contributed by atoms with Gasteiger partial charge in [0.05, 0.1) is 11.3 Å². The highest BCUT2D eigenvalue weighted by Gasteiger charge is 2.59. The molecular formula is C32H39N7O2S. The Morgan fingerprint density at radius 1 is 0.976 bits per heavy atom. The van der Waals surface area contributed by atoms with E-state index in [1.165, 1.54) is 12.8 Å². The van der Waals surface area contributed by atoms with Crippen molar-refractivity contribution < 1.29 is 9.21 Å². The van der Waals surface area contributed by atoms with Gasteiger partial charge in [-0.1, -0.05) is 6.92 Å². The summed E-state index contributed by atoms with van der Waals surface area (Å²) in [5.74, 6) is 2.49. The fourth-order valence-corrected chi connectivity index (χ4v) is 8.14. The summed E-state index contributed by atoms with van der Waals surface area (Å²) >= 11 is 1.82.